The minimum absolute atomic E-state index is 0.00401. The number of hydrogen-bond donors (Lipinski definition) is 1. The zero-order valence-electron chi connectivity index (χ0n) is 27.3. The smallest absolute Gasteiger partial charge is 0.288 e. The molecule has 2 N–H and O–H groups in total. The van der Waals surface area contributed by atoms with Gasteiger partial charge in [-0.15, -0.1) is 11.8 Å². The molecule has 0 saturated carbocycles. The molecule has 0 radical (unpaired) electrons. The highest BCUT2D eigenvalue weighted by atomic mass is 32.2. The lowest BCUT2D eigenvalue weighted by Gasteiger charge is -2.32. The van der Waals surface area contributed by atoms with Crippen molar-refractivity contribution in [2.75, 3.05) is 10.2 Å². The van der Waals surface area contributed by atoms with Gasteiger partial charge in [0, 0.05) is 27.1 Å². The molecule has 0 spiro atoms. The van der Waals surface area contributed by atoms with E-state index < -0.39 is 0 Å². The molecule has 10 rings (SSSR count). The van der Waals surface area contributed by atoms with Gasteiger partial charge in [0.2, 0.25) is 0 Å². The maximum absolute atomic E-state index is 5.35. The maximum Gasteiger partial charge on any atom is 0.288 e. The third-order valence-corrected chi connectivity index (χ3v) is 12.0. The van der Waals surface area contributed by atoms with Crippen molar-refractivity contribution in [3.8, 4) is 16.9 Å². The van der Waals surface area contributed by atoms with Gasteiger partial charge in [0.1, 0.15) is 5.69 Å². The Kier molecular flexibility index (Phi) is 6.90. The van der Waals surface area contributed by atoms with E-state index >= 15 is 0 Å². The number of ether oxygens (including phenoxy) is 1. The number of fused-ring (bicyclic) bond motifs is 8. The highest BCUT2D eigenvalue weighted by molar-refractivity contribution is 8.01. The number of anilines is 3. The lowest BCUT2D eigenvalue weighted by Crippen LogP contribution is -2.21. The van der Waals surface area contributed by atoms with Gasteiger partial charge in [0.05, 0.1) is 11.1 Å². The van der Waals surface area contributed by atoms with Crippen molar-refractivity contribution >= 4 is 51.2 Å². The van der Waals surface area contributed by atoms with Gasteiger partial charge in [-0.1, -0.05) is 109 Å². The van der Waals surface area contributed by atoms with Crippen molar-refractivity contribution in [1.29, 1.82) is 0 Å². The second-order valence-electron chi connectivity index (χ2n) is 13.5. The molecule has 2 unspecified atom stereocenters. The fourth-order valence-corrected chi connectivity index (χ4v) is 9.60. The Hall–Kier alpha value is -5.19. The summed E-state index contributed by atoms with van der Waals surface area (Å²) in [6.07, 6.45) is 21.2. The van der Waals surface area contributed by atoms with E-state index in [0.29, 0.717) is 5.25 Å². The Balaban J connectivity index is 1.12. The van der Waals surface area contributed by atoms with Crippen LogP contribution in [0.15, 0.2) is 150 Å². The van der Waals surface area contributed by atoms with Crippen molar-refractivity contribution in [2.45, 2.75) is 48.5 Å². The predicted molar refractivity (Wildman–Crippen MR) is 208 cm³/mol. The molecule has 2 aliphatic heterocycles. The Bertz CT molecular complexity index is 2290. The standard InChI is InChI=1S/C45H36N2OS/c1-3-10-29(11-4-1)30-20-24-34(25-21-30)47(40-16-9-15-37-36-14-7-8-17-41(36)49-44(37)40)35-26-22-31-18-19-32-23-27-39-43(42(32)38(31)28-35)48-45(46-39)33-12-5-2-6-13-33/h1-5,7-12,14-16,18-21,23-25,27-28,41,45-46H,6,13,17,22,26H2/p+1. The van der Waals surface area contributed by atoms with Crippen LogP contribution in [0.3, 0.4) is 0 Å². The Morgan fingerprint density at radius 3 is 2.49 bits per heavy atom. The summed E-state index contributed by atoms with van der Waals surface area (Å²) in [7, 11) is 0. The molecule has 3 aliphatic carbocycles. The van der Waals surface area contributed by atoms with Crippen LogP contribution in [-0.4, -0.2) is 16.2 Å². The lowest BCUT2D eigenvalue weighted by molar-refractivity contribution is 0.0460. The van der Waals surface area contributed by atoms with E-state index in [0.717, 1.165) is 43.5 Å². The average molecular weight is 654 g/mol. The first-order chi connectivity index (χ1) is 24.3. The van der Waals surface area contributed by atoms with Crippen molar-refractivity contribution in [3.05, 3.63) is 161 Å². The van der Waals surface area contributed by atoms with Gasteiger partial charge in [0.15, 0.2) is 0 Å². The quantitative estimate of drug-likeness (QED) is 0.151. The Morgan fingerprint density at radius 1 is 0.755 bits per heavy atom. The minimum Gasteiger partial charge on any atom is -0.560 e. The van der Waals surface area contributed by atoms with Crippen molar-refractivity contribution in [1.82, 2.24) is 0 Å². The number of aryl methyl sites for hydroxylation is 1. The second kappa shape index (κ2) is 11.7. The van der Waals surface area contributed by atoms with Gasteiger partial charge in [-0.25, -0.2) is 0 Å². The van der Waals surface area contributed by atoms with E-state index in [4.69, 9.17) is 4.74 Å². The molecule has 0 amide bonds. The van der Waals surface area contributed by atoms with Gasteiger partial charge in [-0.2, -0.15) is 0 Å². The predicted octanol–water partition coefficient (Wildman–Crippen LogP) is 11.7. The van der Waals surface area contributed by atoms with Crippen LogP contribution < -0.4 is 10.2 Å². The number of allylic oxidation sites excluding steroid dienone is 7. The fraction of sp³-hybridized carbons (Fsp3) is 0.156. The number of nitrogens with zero attached hydrogens (tertiary/aromatic N) is 1. The van der Waals surface area contributed by atoms with Crippen molar-refractivity contribution < 1.29 is 4.74 Å². The number of benzene rings is 5. The topological polar surface area (TPSA) is 28.1 Å². The molecule has 0 saturated heterocycles. The van der Waals surface area contributed by atoms with E-state index in [1.54, 1.807) is 0 Å². The summed E-state index contributed by atoms with van der Waals surface area (Å²) in [4.78, 5) is 3.94. The largest absolute Gasteiger partial charge is 0.560 e. The van der Waals surface area contributed by atoms with Crippen molar-refractivity contribution in [2.24, 2.45) is 0 Å². The van der Waals surface area contributed by atoms with E-state index in [2.05, 4.69) is 150 Å². The molecule has 0 fully saturated rings. The van der Waals surface area contributed by atoms with E-state index in [-0.39, 0.29) is 6.23 Å². The number of hydrogen-bond acceptors (Lipinski definition) is 3. The third kappa shape index (κ3) is 4.89. The van der Waals surface area contributed by atoms with Gasteiger partial charge >= 0.3 is 0 Å². The first-order valence-corrected chi connectivity index (χ1v) is 18.4. The highest BCUT2D eigenvalue weighted by Gasteiger charge is 2.35. The summed E-state index contributed by atoms with van der Waals surface area (Å²) < 4.78 is 5.35. The Labute approximate surface area is 292 Å². The molecule has 5 aliphatic rings. The van der Waals surface area contributed by atoms with Crippen LogP contribution in [0.1, 0.15) is 42.4 Å². The van der Waals surface area contributed by atoms with Gasteiger partial charge in [-0.05, 0) is 101 Å². The summed E-state index contributed by atoms with van der Waals surface area (Å²) in [6, 6.07) is 35.9. The van der Waals surface area contributed by atoms with Crippen LogP contribution in [0, 0.1) is 0 Å². The van der Waals surface area contributed by atoms with E-state index in [1.807, 2.05) is 11.8 Å². The molecule has 0 bridgehead atoms. The summed E-state index contributed by atoms with van der Waals surface area (Å²) in [6.45, 7) is 0. The van der Waals surface area contributed by atoms with Gasteiger partial charge in [-0.3, -0.25) is 5.32 Å². The average Bonchev–Trinajstić information content (AvgIpc) is 3.78. The number of nitrogens with one attached hydrogen (secondary N) is 1. The molecule has 0 aromatic heterocycles. The van der Waals surface area contributed by atoms with Gasteiger partial charge in [0.25, 0.3) is 12.0 Å². The third-order valence-electron chi connectivity index (χ3n) is 10.6. The van der Waals surface area contributed by atoms with E-state index in [9.17, 15) is 0 Å². The summed E-state index contributed by atoms with van der Waals surface area (Å²) in [5.74, 6) is 1.10. The number of aliphatic hydroxyl groups is 1. The molecule has 3 nitrogen and oxygen atoms in total. The van der Waals surface area contributed by atoms with Crippen LogP contribution in [0.4, 0.5) is 17.1 Å². The summed E-state index contributed by atoms with van der Waals surface area (Å²) >= 11 is 2.03. The highest BCUT2D eigenvalue weighted by Crippen LogP contribution is 2.54. The van der Waals surface area contributed by atoms with Crippen LogP contribution in [0.2, 0.25) is 0 Å². The maximum atomic E-state index is 5.35. The van der Waals surface area contributed by atoms with Gasteiger partial charge < -0.3 is 9.64 Å². The second-order valence-corrected chi connectivity index (χ2v) is 14.7. The monoisotopic (exact) mass is 653 g/mol. The first kappa shape index (κ1) is 28.8. The number of rotatable bonds is 5. The summed E-state index contributed by atoms with van der Waals surface area (Å²) in [5, 5.41) is 6.74. The normalized spacial score (nSPS) is 19.9. The number of thioether (sulfide) groups is 1. The fourth-order valence-electron chi connectivity index (χ4n) is 8.18. The minimum atomic E-state index is 0.00401. The molecule has 49 heavy (non-hydrogen) atoms. The van der Waals surface area contributed by atoms with Crippen molar-refractivity contribution in [3.63, 3.8) is 0 Å². The first-order valence-electron chi connectivity index (χ1n) is 17.5. The lowest BCUT2D eigenvalue weighted by atomic mass is 9.89. The molecular formula is C45H37N2OS+. The zero-order chi connectivity index (χ0) is 32.3. The molecule has 238 valence electrons. The Morgan fingerprint density at radius 2 is 1.61 bits per heavy atom. The summed E-state index contributed by atoms with van der Waals surface area (Å²) in [5.41, 5.74) is 14.3. The molecule has 5 aromatic rings. The molecular weight excluding hydrogens is 617 g/mol. The zero-order valence-corrected chi connectivity index (χ0v) is 28.1. The van der Waals surface area contributed by atoms with E-state index in [1.165, 1.54) is 71.7 Å². The van der Waals surface area contributed by atoms with Crippen LogP contribution in [0.5, 0.6) is 5.75 Å². The molecule has 4 heteroatoms. The molecule has 5 aromatic carbocycles. The molecule has 2 heterocycles. The molecule has 2 atom stereocenters. The van der Waals surface area contributed by atoms with Crippen LogP contribution >= 0.6 is 11.8 Å². The van der Waals surface area contributed by atoms with Crippen LogP contribution in [0.25, 0.3) is 33.5 Å². The SMILES string of the molecule is C1=CCCC(C2Nc3ccc4ccc5c(c4c3[OH+]2)C=C(N(c2ccc(-c3ccccc3)cc2)c2cccc3c2SC2CC=CC=C32)CC5)=C1. The van der Waals surface area contributed by atoms with Crippen LogP contribution in [-0.2, 0) is 6.42 Å². The number of aromatic hydroxyl groups is 1.